The Morgan fingerprint density at radius 3 is 2.71 bits per heavy atom. The smallest absolute Gasteiger partial charge is 0.136 e. The number of benzene rings is 1. The number of nitriles is 1. The number of nitrogens with one attached hydrogen (secondary N) is 1. The molecule has 1 saturated carbocycles. The maximum absolute atomic E-state index is 9.15. The molecular weight excluding hydrogens is 260 g/mol. The van der Waals surface area contributed by atoms with Gasteiger partial charge < -0.3 is 10.1 Å². The van der Waals surface area contributed by atoms with Crippen LogP contribution in [0.3, 0.4) is 0 Å². The molecule has 1 N–H and O–H groups in total. The molecule has 0 saturated heterocycles. The molecule has 2 rings (SSSR count). The van der Waals surface area contributed by atoms with Crippen molar-refractivity contribution in [1.29, 1.82) is 5.26 Å². The molecule has 21 heavy (non-hydrogen) atoms. The van der Waals surface area contributed by atoms with Crippen LogP contribution in [-0.2, 0) is 6.54 Å². The van der Waals surface area contributed by atoms with Crippen LogP contribution in [-0.4, -0.2) is 13.2 Å². The number of hydrogen-bond acceptors (Lipinski definition) is 3. The molecule has 3 nitrogen and oxygen atoms in total. The van der Waals surface area contributed by atoms with Crippen LogP contribution in [0.15, 0.2) is 18.2 Å². The second-order valence-electron chi connectivity index (χ2n) is 5.94. The van der Waals surface area contributed by atoms with Crippen LogP contribution in [0.25, 0.3) is 0 Å². The predicted molar refractivity (Wildman–Crippen MR) is 85.2 cm³/mol. The van der Waals surface area contributed by atoms with Crippen LogP contribution < -0.4 is 10.1 Å². The number of nitrogens with zero attached hydrogens (tertiary/aromatic N) is 1. The van der Waals surface area contributed by atoms with Crippen molar-refractivity contribution < 1.29 is 4.74 Å². The Labute approximate surface area is 128 Å². The Morgan fingerprint density at radius 2 is 2.10 bits per heavy atom. The molecule has 1 fully saturated rings. The summed E-state index contributed by atoms with van der Waals surface area (Å²) < 4.78 is 5.19. The minimum atomic E-state index is 0.595. The second kappa shape index (κ2) is 8.05. The van der Waals surface area contributed by atoms with Gasteiger partial charge in [-0.2, -0.15) is 5.26 Å². The van der Waals surface area contributed by atoms with Gasteiger partial charge in [0.2, 0.25) is 0 Å². The number of ether oxygens (including phenoxy) is 1. The molecule has 1 aromatic carbocycles. The molecule has 1 aliphatic rings. The predicted octanol–water partition coefficient (Wildman–Crippen LogP) is 4.02. The number of methoxy groups -OCH3 is 1. The lowest BCUT2D eigenvalue weighted by atomic mass is 9.83. The molecular formula is C18H26N2O. The Bertz CT molecular complexity index is 486. The summed E-state index contributed by atoms with van der Waals surface area (Å²) in [5.41, 5.74) is 1.77. The second-order valence-corrected chi connectivity index (χ2v) is 5.94. The van der Waals surface area contributed by atoms with Crippen LogP contribution in [0.4, 0.5) is 0 Å². The van der Waals surface area contributed by atoms with E-state index < -0.39 is 0 Å². The summed E-state index contributed by atoms with van der Waals surface area (Å²) in [6, 6.07) is 8.65. The molecule has 3 heteroatoms. The minimum absolute atomic E-state index is 0.595. The molecule has 1 unspecified atom stereocenters. The molecule has 0 amide bonds. The van der Waals surface area contributed by atoms with Gasteiger partial charge in [-0.05, 0) is 42.9 Å². The monoisotopic (exact) mass is 286 g/mol. The zero-order valence-corrected chi connectivity index (χ0v) is 13.2. The maximum Gasteiger partial charge on any atom is 0.136 e. The van der Waals surface area contributed by atoms with Gasteiger partial charge in [-0.1, -0.05) is 32.3 Å². The maximum atomic E-state index is 9.15. The van der Waals surface area contributed by atoms with Gasteiger partial charge in [-0.3, -0.25) is 0 Å². The van der Waals surface area contributed by atoms with Gasteiger partial charge in [-0.25, -0.2) is 0 Å². The highest BCUT2D eigenvalue weighted by Gasteiger charge is 2.21. The quantitative estimate of drug-likeness (QED) is 0.859. The van der Waals surface area contributed by atoms with Crippen molar-refractivity contribution in [2.75, 3.05) is 7.11 Å². The van der Waals surface area contributed by atoms with Crippen LogP contribution in [0.1, 0.15) is 56.6 Å². The summed E-state index contributed by atoms with van der Waals surface area (Å²) in [7, 11) is 1.60. The molecule has 0 aromatic heterocycles. The first-order valence-electron chi connectivity index (χ1n) is 8.08. The molecule has 0 aliphatic heterocycles. The fourth-order valence-electron chi connectivity index (χ4n) is 3.38. The summed E-state index contributed by atoms with van der Waals surface area (Å²) in [5, 5.41) is 12.8. The average molecular weight is 286 g/mol. The van der Waals surface area contributed by atoms with Crippen molar-refractivity contribution in [2.24, 2.45) is 5.92 Å². The summed E-state index contributed by atoms with van der Waals surface area (Å²) >= 11 is 0. The molecule has 1 aliphatic carbocycles. The van der Waals surface area contributed by atoms with E-state index >= 15 is 0 Å². The van der Waals surface area contributed by atoms with E-state index in [9.17, 15) is 0 Å². The van der Waals surface area contributed by atoms with E-state index in [1.54, 1.807) is 7.11 Å². The van der Waals surface area contributed by atoms with E-state index in [2.05, 4.69) is 18.3 Å². The Hall–Kier alpha value is -1.53. The molecule has 0 heterocycles. The van der Waals surface area contributed by atoms with Crippen LogP contribution in [0.2, 0.25) is 0 Å². The lowest BCUT2D eigenvalue weighted by Gasteiger charge is -2.30. The first-order chi connectivity index (χ1) is 10.3. The van der Waals surface area contributed by atoms with Gasteiger partial charge in [0.25, 0.3) is 0 Å². The Morgan fingerprint density at radius 1 is 1.33 bits per heavy atom. The third-order valence-electron chi connectivity index (χ3n) is 4.61. The highest BCUT2D eigenvalue weighted by atomic mass is 16.5. The minimum Gasteiger partial charge on any atom is -0.495 e. The first kappa shape index (κ1) is 15.9. The number of hydrogen-bond donors (Lipinski definition) is 1. The van der Waals surface area contributed by atoms with E-state index in [-0.39, 0.29) is 0 Å². The molecule has 1 aromatic rings. The summed E-state index contributed by atoms with van der Waals surface area (Å²) in [6.45, 7) is 3.09. The van der Waals surface area contributed by atoms with Crippen molar-refractivity contribution in [3.05, 3.63) is 29.3 Å². The molecule has 0 spiro atoms. The zero-order chi connectivity index (χ0) is 15.1. The van der Waals surface area contributed by atoms with E-state index in [0.29, 0.717) is 17.4 Å². The third-order valence-corrected chi connectivity index (χ3v) is 4.61. The SMILES string of the molecule is CCC(NCc1ccc(OC)c(C#N)c1)C1CCCCC1. The summed E-state index contributed by atoms with van der Waals surface area (Å²) in [6.07, 6.45) is 8.05. The van der Waals surface area contributed by atoms with Crippen molar-refractivity contribution in [2.45, 2.75) is 58.0 Å². The fraction of sp³-hybridized carbons (Fsp3) is 0.611. The normalized spacial score (nSPS) is 17.2. The summed E-state index contributed by atoms with van der Waals surface area (Å²) in [5.74, 6) is 1.47. The van der Waals surface area contributed by atoms with Crippen LogP contribution in [0, 0.1) is 17.2 Å². The average Bonchev–Trinajstić information content (AvgIpc) is 2.56. The Balaban J connectivity index is 1.96. The van der Waals surface area contributed by atoms with E-state index in [4.69, 9.17) is 10.00 Å². The zero-order valence-electron chi connectivity index (χ0n) is 13.2. The van der Waals surface area contributed by atoms with Gasteiger partial charge in [0, 0.05) is 12.6 Å². The van der Waals surface area contributed by atoms with E-state index in [1.165, 1.54) is 38.5 Å². The lowest BCUT2D eigenvalue weighted by Crippen LogP contribution is -2.36. The topological polar surface area (TPSA) is 45.0 Å². The van der Waals surface area contributed by atoms with E-state index in [1.807, 2.05) is 18.2 Å². The standard InChI is InChI=1S/C18H26N2O/c1-3-17(15-7-5-4-6-8-15)20-13-14-9-10-18(21-2)16(11-14)12-19/h9-11,15,17,20H,3-8,13H2,1-2H3. The van der Waals surface area contributed by atoms with Crippen molar-refractivity contribution >= 4 is 0 Å². The van der Waals surface area contributed by atoms with Gasteiger partial charge in [0.05, 0.1) is 12.7 Å². The third kappa shape index (κ3) is 4.22. The number of rotatable bonds is 6. The summed E-state index contributed by atoms with van der Waals surface area (Å²) in [4.78, 5) is 0. The highest BCUT2D eigenvalue weighted by molar-refractivity contribution is 5.45. The van der Waals surface area contributed by atoms with Crippen LogP contribution in [0.5, 0.6) is 5.75 Å². The molecule has 0 bridgehead atoms. The van der Waals surface area contributed by atoms with Gasteiger partial charge in [0.15, 0.2) is 0 Å². The van der Waals surface area contributed by atoms with Gasteiger partial charge in [0.1, 0.15) is 11.8 Å². The largest absolute Gasteiger partial charge is 0.495 e. The van der Waals surface area contributed by atoms with Crippen molar-refractivity contribution in [3.63, 3.8) is 0 Å². The van der Waals surface area contributed by atoms with E-state index in [0.717, 1.165) is 18.0 Å². The van der Waals surface area contributed by atoms with Crippen LogP contribution >= 0.6 is 0 Å². The highest BCUT2D eigenvalue weighted by Crippen LogP contribution is 2.28. The fourth-order valence-corrected chi connectivity index (χ4v) is 3.38. The van der Waals surface area contributed by atoms with Crippen molar-refractivity contribution in [3.8, 4) is 11.8 Å². The Kier molecular flexibility index (Phi) is 6.07. The molecule has 1 atom stereocenters. The molecule has 114 valence electrons. The lowest BCUT2D eigenvalue weighted by molar-refractivity contribution is 0.261. The van der Waals surface area contributed by atoms with Gasteiger partial charge in [-0.15, -0.1) is 0 Å². The van der Waals surface area contributed by atoms with Gasteiger partial charge >= 0.3 is 0 Å². The first-order valence-corrected chi connectivity index (χ1v) is 8.08. The molecule has 0 radical (unpaired) electrons. The van der Waals surface area contributed by atoms with Crippen molar-refractivity contribution in [1.82, 2.24) is 5.32 Å².